The molecular weight excluding hydrogens is 408 g/mol. The van der Waals surface area contributed by atoms with Gasteiger partial charge in [-0.05, 0) is 38.1 Å². The zero-order valence-corrected chi connectivity index (χ0v) is 17.1. The molecule has 0 radical (unpaired) electrons. The molecule has 0 N–H and O–H groups in total. The van der Waals surface area contributed by atoms with Gasteiger partial charge in [0.25, 0.3) is 0 Å². The molecular formula is C21H19BrN2O3. The summed E-state index contributed by atoms with van der Waals surface area (Å²) < 4.78 is 13.1. The fraction of sp³-hybridized carbons (Fsp3) is 0.286. The molecule has 0 amide bonds. The summed E-state index contributed by atoms with van der Waals surface area (Å²) >= 11 is 3.54. The van der Waals surface area contributed by atoms with E-state index in [1.165, 1.54) is 0 Å². The summed E-state index contributed by atoms with van der Waals surface area (Å²) in [6.45, 7) is 6.11. The molecule has 0 fully saturated rings. The topological polar surface area (TPSA) is 45.9 Å². The minimum Gasteiger partial charge on any atom is -0.421 e. The van der Waals surface area contributed by atoms with E-state index in [4.69, 9.17) is 9.15 Å². The molecule has 3 heterocycles. The number of benzene rings is 2. The molecule has 5 rings (SSSR count). The lowest BCUT2D eigenvalue weighted by Gasteiger charge is -2.51. The fourth-order valence-electron chi connectivity index (χ4n) is 4.41. The maximum atomic E-state index is 12.9. The van der Waals surface area contributed by atoms with Crippen molar-refractivity contribution in [3.05, 3.63) is 62.9 Å². The molecule has 0 saturated carbocycles. The van der Waals surface area contributed by atoms with Gasteiger partial charge in [0.05, 0.1) is 17.0 Å². The third kappa shape index (κ3) is 2.05. The van der Waals surface area contributed by atoms with Gasteiger partial charge in [0.1, 0.15) is 5.58 Å². The monoisotopic (exact) mass is 426 g/mol. The van der Waals surface area contributed by atoms with E-state index in [1.807, 2.05) is 49.2 Å². The maximum Gasteiger partial charge on any atom is 0.362 e. The standard InChI is InChI=1S/C21H19BrN2O3/c1-20(2)14-7-5-6-8-15(14)24-17-13-11-12(22)9-10-16(13)26-19(25)18(17)23(4)21(24,3)27-20/h5-11H,1-4H3. The highest BCUT2D eigenvalue weighted by Crippen LogP contribution is 2.57. The SMILES string of the molecule is CN1c2c(c3cc(Br)ccc3oc2=O)N2c3ccccc3C(C)(C)OC12C. The number of hydrogen-bond donors (Lipinski definition) is 0. The molecule has 0 aliphatic carbocycles. The van der Waals surface area contributed by atoms with E-state index in [0.29, 0.717) is 11.3 Å². The number of ether oxygens (including phenoxy) is 1. The molecule has 27 heavy (non-hydrogen) atoms. The summed E-state index contributed by atoms with van der Waals surface area (Å²) in [5.74, 6) is -0.842. The van der Waals surface area contributed by atoms with Crippen LogP contribution in [0.25, 0.3) is 11.0 Å². The predicted molar refractivity (Wildman–Crippen MR) is 110 cm³/mol. The Hall–Kier alpha value is -2.31. The summed E-state index contributed by atoms with van der Waals surface area (Å²) in [4.78, 5) is 16.9. The second kappa shape index (κ2) is 5.14. The van der Waals surface area contributed by atoms with E-state index in [0.717, 1.165) is 26.8 Å². The Balaban J connectivity index is 1.94. The van der Waals surface area contributed by atoms with Crippen LogP contribution in [0.3, 0.4) is 0 Å². The molecule has 2 aromatic carbocycles. The van der Waals surface area contributed by atoms with Gasteiger partial charge in [-0.15, -0.1) is 0 Å². The third-order valence-electron chi connectivity index (χ3n) is 5.66. The lowest BCUT2D eigenvalue weighted by molar-refractivity contribution is -0.136. The van der Waals surface area contributed by atoms with Crippen molar-refractivity contribution in [3.8, 4) is 0 Å². The van der Waals surface area contributed by atoms with E-state index in [-0.39, 0.29) is 5.63 Å². The van der Waals surface area contributed by atoms with Crippen molar-refractivity contribution in [1.29, 1.82) is 0 Å². The van der Waals surface area contributed by atoms with Crippen LogP contribution in [0.4, 0.5) is 17.1 Å². The molecule has 3 aromatic rings. The van der Waals surface area contributed by atoms with Crippen LogP contribution in [0.15, 0.2) is 56.1 Å². The van der Waals surface area contributed by atoms with Crippen molar-refractivity contribution < 1.29 is 9.15 Å². The Morgan fingerprint density at radius 3 is 2.56 bits per heavy atom. The van der Waals surface area contributed by atoms with E-state index in [1.54, 1.807) is 0 Å². The molecule has 0 bridgehead atoms. The van der Waals surface area contributed by atoms with Gasteiger partial charge in [-0.2, -0.15) is 0 Å². The average molecular weight is 427 g/mol. The quantitative estimate of drug-likeness (QED) is 0.468. The second-order valence-corrected chi connectivity index (χ2v) is 8.60. The van der Waals surface area contributed by atoms with Crippen LogP contribution in [-0.4, -0.2) is 12.9 Å². The van der Waals surface area contributed by atoms with E-state index in [9.17, 15) is 4.79 Å². The number of anilines is 3. The van der Waals surface area contributed by atoms with Gasteiger partial charge < -0.3 is 14.1 Å². The molecule has 0 saturated heterocycles. The fourth-order valence-corrected chi connectivity index (χ4v) is 4.77. The predicted octanol–water partition coefficient (Wildman–Crippen LogP) is 5.08. The number of para-hydroxylation sites is 1. The normalized spacial score (nSPS) is 22.6. The molecule has 2 aliphatic heterocycles. The first-order valence-electron chi connectivity index (χ1n) is 8.84. The summed E-state index contributed by atoms with van der Waals surface area (Å²) in [6, 6.07) is 13.9. The number of rotatable bonds is 0. The second-order valence-electron chi connectivity index (χ2n) is 7.69. The number of halogens is 1. The Labute approximate surface area is 165 Å². The highest BCUT2D eigenvalue weighted by atomic mass is 79.9. The van der Waals surface area contributed by atoms with Gasteiger partial charge in [0, 0.05) is 29.4 Å². The molecule has 138 valence electrons. The Kier molecular flexibility index (Phi) is 3.21. The molecule has 2 aliphatic rings. The van der Waals surface area contributed by atoms with Crippen molar-refractivity contribution >= 4 is 44.0 Å². The maximum absolute atomic E-state index is 12.9. The van der Waals surface area contributed by atoms with Crippen LogP contribution in [0, 0.1) is 0 Å². The zero-order valence-electron chi connectivity index (χ0n) is 15.5. The third-order valence-corrected chi connectivity index (χ3v) is 6.15. The summed E-state index contributed by atoms with van der Waals surface area (Å²) in [6.07, 6.45) is 0. The first-order valence-corrected chi connectivity index (χ1v) is 9.63. The Morgan fingerprint density at radius 1 is 1.04 bits per heavy atom. The van der Waals surface area contributed by atoms with Crippen molar-refractivity contribution in [1.82, 2.24) is 0 Å². The Morgan fingerprint density at radius 2 is 1.78 bits per heavy atom. The molecule has 1 atom stereocenters. The van der Waals surface area contributed by atoms with Gasteiger partial charge in [0.2, 0.25) is 5.85 Å². The molecule has 6 heteroatoms. The van der Waals surface area contributed by atoms with E-state index in [2.05, 4.69) is 46.8 Å². The van der Waals surface area contributed by atoms with Crippen LogP contribution in [-0.2, 0) is 10.3 Å². The average Bonchev–Trinajstić information content (AvgIpc) is 2.84. The Bertz CT molecular complexity index is 1170. The van der Waals surface area contributed by atoms with Gasteiger partial charge in [-0.3, -0.25) is 4.90 Å². The van der Waals surface area contributed by atoms with Crippen molar-refractivity contribution in [3.63, 3.8) is 0 Å². The van der Waals surface area contributed by atoms with Gasteiger partial charge in [-0.25, -0.2) is 4.79 Å². The van der Waals surface area contributed by atoms with Gasteiger partial charge in [0.15, 0.2) is 5.69 Å². The van der Waals surface area contributed by atoms with Gasteiger partial charge >= 0.3 is 5.63 Å². The van der Waals surface area contributed by atoms with Crippen LogP contribution in [0.1, 0.15) is 26.3 Å². The van der Waals surface area contributed by atoms with Crippen LogP contribution >= 0.6 is 15.9 Å². The summed E-state index contributed by atoms with van der Waals surface area (Å²) in [5.41, 5.74) is 3.13. The smallest absolute Gasteiger partial charge is 0.362 e. The van der Waals surface area contributed by atoms with Gasteiger partial charge in [-0.1, -0.05) is 34.1 Å². The van der Waals surface area contributed by atoms with Crippen molar-refractivity contribution in [2.45, 2.75) is 32.2 Å². The van der Waals surface area contributed by atoms with Crippen molar-refractivity contribution in [2.24, 2.45) is 0 Å². The first-order chi connectivity index (χ1) is 12.7. The first kappa shape index (κ1) is 16.8. The minimum atomic E-state index is -0.842. The molecule has 0 spiro atoms. The van der Waals surface area contributed by atoms with E-state index >= 15 is 0 Å². The van der Waals surface area contributed by atoms with E-state index < -0.39 is 11.4 Å². The lowest BCUT2D eigenvalue weighted by atomic mass is 9.92. The molecule has 1 aromatic heterocycles. The van der Waals surface area contributed by atoms with Crippen LogP contribution in [0.5, 0.6) is 0 Å². The lowest BCUT2D eigenvalue weighted by Crippen LogP contribution is -2.60. The number of fused-ring (bicyclic) bond motifs is 7. The highest BCUT2D eigenvalue weighted by molar-refractivity contribution is 9.10. The number of nitrogens with zero attached hydrogens (tertiary/aromatic N) is 2. The van der Waals surface area contributed by atoms with Crippen LogP contribution < -0.4 is 15.4 Å². The minimum absolute atomic E-state index is 0.364. The molecule has 1 unspecified atom stereocenters. The molecule has 5 nitrogen and oxygen atoms in total. The highest BCUT2D eigenvalue weighted by Gasteiger charge is 2.55. The van der Waals surface area contributed by atoms with Crippen molar-refractivity contribution in [2.75, 3.05) is 16.8 Å². The number of hydrogen-bond acceptors (Lipinski definition) is 5. The summed E-state index contributed by atoms with van der Waals surface area (Å²) in [5, 5.41) is 0.868. The summed E-state index contributed by atoms with van der Waals surface area (Å²) in [7, 11) is 1.88. The zero-order chi connectivity index (χ0) is 19.1. The van der Waals surface area contributed by atoms with Crippen LogP contribution in [0.2, 0.25) is 0 Å². The largest absolute Gasteiger partial charge is 0.421 e.